The largest absolute Gasteiger partial charge is 0.508 e. The Kier molecular flexibility index (Phi) is 28.9. The Labute approximate surface area is 766 Å². The van der Waals surface area contributed by atoms with Crippen LogP contribution in [0.2, 0.25) is 0 Å². The summed E-state index contributed by atoms with van der Waals surface area (Å²) in [6.07, 6.45) is 1.90. The standard InChI is InChI=1S/C36H34O4.C32H26O4.C25H28O4.C23H24O3/c1-21-17-27(9-13-31(21)37)35(28-10-14-32(38)22(2)18-28)25-5-7-26(8-6-25)36(29-11-15-33(39)23(3)19-29)30-12-16-34(40)24(4)20-30;33-27-13-5-23(6-14-27)31(24-7-15-28(34)16-8-24)21-1-2-22(4-3-21)32(25-9-17-29(35)18-10-25)26-11-19-30(36)20-12-26;1-13-6-18(7-14(2)22(13)26)10-20-12-21(25(29)17(5)24(20)28)11-19-8-15(3)23(27)16(4)9-19;1-14-4-6-21(24)17(8-14)12-19-10-16(3)11-20(23(19)26)13-18-9-15(2)5-7-22(18)25/h5-20,35-40H,1-4H3;1-20,31-36H;6-9,12,26-29H,10-11H2,1-5H3;4-11,24-26H,12-13H2,1-3H3. The van der Waals surface area contributed by atoms with Gasteiger partial charge in [0.15, 0.2) is 0 Å². The van der Waals surface area contributed by atoms with E-state index >= 15 is 0 Å². The minimum atomic E-state index is -0.0991. The smallest absolute Gasteiger partial charge is 0.125 e. The van der Waals surface area contributed by atoms with Crippen molar-refractivity contribution in [2.45, 2.75) is 132 Å². The van der Waals surface area contributed by atoms with Crippen LogP contribution in [-0.2, 0) is 25.7 Å². The number of phenols is 15. The van der Waals surface area contributed by atoms with Crippen LogP contribution in [0, 0.1) is 83.1 Å². The lowest BCUT2D eigenvalue weighted by molar-refractivity contribution is 0.435. The topological polar surface area (TPSA) is 303 Å². The third-order valence-corrected chi connectivity index (χ3v) is 24.5. The van der Waals surface area contributed by atoms with Crippen LogP contribution in [0.4, 0.5) is 0 Å². The lowest BCUT2D eigenvalue weighted by atomic mass is 9.80. The Bertz CT molecular complexity index is 6140. The van der Waals surface area contributed by atoms with Crippen molar-refractivity contribution in [2.24, 2.45) is 0 Å². The molecule has 15 heteroatoms. The van der Waals surface area contributed by atoms with Gasteiger partial charge < -0.3 is 76.6 Å². The van der Waals surface area contributed by atoms with Gasteiger partial charge in [-0.05, 0) is 330 Å². The molecule has 0 amide bonds. The summed E-state index contributed by atoms with van der Waals surface area (Å²) in [5, 5.41) is 152. The van der Waals surface area contributed by atoms with Crippen molar-refractivity contribution >= 4 is 0 Å². The van der Waals surface area contributed by atoms with Crippen LogP contribution in [0.5, 0.6) is 86.2 Å². The van der Waals surface area contributed by atoms with Gasteiger partial charge >= 0.3 is 0 Å². The zero-order valence-electron chi connectivity index (χ0n) is 75.6. The van der Waals surface area contributed by atoms with Crippen molar-refractivity contribution < 1.29 is 76.6 Å². The highest BCUT2D eigenvalue weighted by Gasteiger charge is 2.27. The second kappa shape index (κ2) is 40.7. The van der Waals surface area contributed by atoms with Crippen LogP contribution in [0.1, 0.15) is 202 Å². The lowest BCUT2D eigenvalue weighted by Crippen LogP contribution is -2.07. The van der Waals surface area contributed by atoms with Gasteiger partial charge in [-0.2, -0.15) is 0 Å². The Hall–Kier alpha value is -15.5. The van der Waals surface area contributed by atoms with E-state index in [1.165, 1.54) is 0 Å². The molecule has 16 rings (SSSR count). The zero-order valence-corrected chi connectivity index (χ0v) is 75.6. The Morgan fingerprint density at radius 3 is 0.611 bits per heavy atom. The van der Waals surface area contributed by atoms with Crippen LogP contribution >= 0.6 is 0 Å². The molecule has 0 aliphatic rings. The van der Waals surface area contributed by atoms with Gasteiger partial charge in [0.2, 0.25) is 0 Å². The van der Waals surface area contributed by atoms with Crippen molar-refractivity contribution in [3.05, 3.63) is 475 Å². The van der Waals surface area contributed by atoms with Crippen molar-refractivity contribution in [3.8, 4) is 86.2 Å². The molecule has 0 fully saturated rings. The molecule has 0 heterocycles. The number of hydrogen-bond donors (Lipinski definition) is 15. The fraction of sp³-hybridized carbons (Fsp3) is 0.172. The molecule has 15 nitrogen and oxygen atoms in total. The van der Waals surface area contributed by atoms with E-state index < -0.39 is 0 Å². The highest BCUT2D eigenvalue weighted by atomic mass is 16.3. The summed E-state index contributed by atoms with van der Waals surface area (Å²) >= 11 is 0. The number of aryl methyl sites for hydroxylation is 11. The van der Waals surface area contributed by atoms with Crippen LogP contribution in [0.15, 0.2) is 297 Å². The first-order valence-electron chi connectivity index (χ1n) is 43.5. The second-order valence-corrected chi connectivity index (χ2v) is 34.7. The molecule has 16 aromatic carbocycles. The average molecular weight is 1750 g/mol. The average Bonchev–Trinajstić information content (AvgIpc) is 0.779. The Balaban J connectivity index is 0.000000151. The van der Waals surface area contributed by atoms with Crippen molar-refractivity contribution in [1.29, 1.82) is 0 Å². The zero-order chi connectivity index (χ0) is 93.9. The van der Waals surface area contributed by atoms with Crippen LogP contribution in [0.3, 0.4) is 0 Å². The fourth-order valence-corrected chi connectivity index (χ4v) is 17.4. The van der Waals surface area contributed by atoms with Gasteiger partial charge in [0.1, 0.15) is 86.2 Å². The molecule has 0 saturated carbocycles. The van der Waals surface area contributed by atoms with Crippen LogP contribution in [-0.4, -0.2) is 76.6 Å². The predicted molar refractivity (Wildman–Crippen MR) is 520 cm³/mol. The summed E-state index contributed by atoms with van der Waals surface area (Å²) in [5.41, 5.74) is 29.2. The van der Waals surface area contributed by atoms with Gasteiger partial charge in [-0.15, -0.1) is 0 Å². The van der Waals surface area contributed by atoms with E-state index in [1.54, 1.807) is 91.9 Å². The van der Waals surface area contributed by atoms with E-state index in [-0.39, 0.29) is 98.4 Å². The molecule has 0 aliphatic heterocycles. The van der Waals surface area contributed by atoms with E-state index in [0.717, 1.165) is 172 Å². The van der Waals surface area contributed by atoms with Gasteiger partial charge in [-0.3, -0.25) is 0 Å². The third kappa shape index (κ3) is 22.4. The summed E-state index contributed by atoms with van der Waals surface area (Å²) in [6.45, 7) is 22.6. The number of rotatable bonds is 20. The number of hydrogen-bond acceptors (Lipinski definition) is 15. The second-order valence-electron chi connectivity index (χ2n) is 34.7. The summed E-state index contributed by atoms with van der Waals surface area (Å²) in [6, 6.07) is 92.8. The van der Waals surface area contributed by atoms with E-state index in [2.05, 4.69) is 48.5 Å². The summed E-state index contributed by atoms with van der Waals surface area (Å²) < 4.78 is 0. The highest BCUT2D eigenvalue weighted by molar-refractivity contribution is 5.60. The monoisotopic (exact) mass is 1740 g/mol. The molecule has 0 aromatic heterocycles. The maximum Gasteiger partial charge on any atom is 0.125 e. The van der Waals surface area contributed by atoms with Gasteiger partial charge in [-0.25, -0.2) is 0 Å². The lowest BCUT2D eigenvalue weighted by Gasteiger charge is -2.23. The molecule has 0 atom stereocenters. The van der Waals surface area contributed by atoms with Crippen molar-refractivity contribution in [2.75, 3.05) is 0 Å². The van der Waals surface area contributed by atoms with Gasteiger partial charge in [0.25, 0.3) is 0 Å². The summed E-state index contributed by atoms with van der Waals surface area (Å²) in [4.78, 5) is 0. The van der Waals surface area contributed by atoms with Gasteiger partial charge in [0, 0.05) is 54.9 Å². The first-order valence-corrected chi connectivity index (χ1v) is 43.5. The number of benzene rings is 16. The van der Waals surface area contributed by atoms with Crippen LogP contribution in [0.25, 0.3) is 0 Å². The normalized spacial score (nSPS) is 11.1. The van der Waals surface area contributed by atoms with Gasteiger partial charge in [0.05, 0.1) is 0 Å². The highest BCUT2D eigenvalue weighted by Crippen LogP contribution is 2.45. The number of phenolic OH excluding ortho intramolecular Hbond substituents is 15. The summed E-state index contributed by atoms with van der Waals surface area (Å²) in [7, 11) is 0. The summed E-state index contributed by atoms with van der Waals surface area (Å²) in [5.74, 6) is 2.97. The molecule has 0 unspecified atom stereocenters. The quantitative estimate of drug-likeness (QED) is 0.0316. The number of aromatic hydroxyl groups is 15. The Morgan fingerprint density at radius 2 is 0.366 bits per heavy atom. The van der Waals surface area contributed by atoms with Gasteiger partial charge in [-0.1, -0.05) is 223 Å². The maximum absolute atomic E-state index is 10.8. The van der Waals surface area contributed by atoms with E-state index in [0.29, 0.717) is 42.7 Å². The molecule has 131 heavy (non-hydrogen) atoms. The third-order valence-electron chi connectivity index (χ3n) is 24.5. The molecule has 0 saturated heterocycles. The SMILES string of the molecule is Cc1cc(C(c2ccc(C(c3ccc(O)c(C)c3)c3ccc(O)c(C)c3)cc2)c2ccc(O)c(C)c2)ccc1O.Cc1cc(Cc2cc(Cc3cc(C)c(O)c(C)c3)c(O)c(C)c2O)cc(C)c1O.Cc1ccc(O)c(Cc2cc(C)cc(Cc3cc(C)ccc3O)c2O)c1.Oc1ccc(C(c2ccc(O)cc2)c2ccc(C(c3ccc(O)cc3)c3ccc(O)cc3)cc2)cc1. The minimum absolute atomic E-state index is 0.0824. The van der Waals surface area contributed by atoms with Crippen LogP contribution < -0.4 is 0 Å². The predicted octanol–water partition coefficient (Wildman–Crippen LogP) is 25.1. The van der Waals surface area contributed by atoms with E-state index in [9.17, 15) is 76.6 Å². The molecular weight excluding hydrogens is 1630 g/mol. The molecular formula is C116H112O15. The van der Waals surface area contributed by atoms with E-state index in [1.807, 2.05) is 240 Å². The fourth-order valence-electron chi connectivity index (χ4n) is 17.4. The first-order chi connectivity index (χ1) is 62.5. The minimum Gasteiger partial charge on any atom is -0.508 e. The van der Waals surface area contributed by atoms with Crippen molar-refractivity contribution in [3.63, 3.8) is 0 Å². The molecule has 666 valence electrons. The first kappa shape index (κ1) is 93.2. The molecule has 15 N–H and O–H groups in total. The molecule has 16 aromatic rings. The molecule has 0 aliphatic carbocycles. The van der Waals surface area contributed by atoms with E-state index in [4.69, 9.17) is 0 Å². The molecule has 0 spiro atoms. The van der Waals surface area contributed by atoms with Crippen molar-refractivity contribution in [1.82, 2.24) is 0 Å². The Morgan fingerprint density at radius 1 is 0.160 bits per heavy atom. The molecule has 0 radical (unpaired) electrons. The maximum atomic E-state index is 10.8. The molecule has 0 bridgehead atoms.